The van der Waals surface area contributed by atoms with Crippen molar-refractivity contribution in [1.29, 1.82) is 0 Å². The number of methoxy groups -OCH3 is 1. The minimum atomic E-state index is -1.18. The molecule has 0 saturated carbocycles. The molecule has 0 amide bonds. The Hall–Kier alpha value is -3.52. The van der Waals surface area contributed by atoms with Crippen LogP contribution in [0.4, 0.5) is 13.2 Å². The van der Waals surface area contributed by atoms with Gasteiger partial charge in [0.2, 0.25) is 0 Å². The van der Waals surface area contributed by atoms with Gasteiger partial charge in [-0.1, -0.05) is 24.3 Å². The highest BCUT2D eigenvalue weighted by Gasteiger charge is 2.26. The molecule has 1 unspecified atom stereocenters. The first-order chi connectivity index (χ1) is 15.8. The predicted octanol–water partition coefficient (Wildman–Crippen LogP) is 5.35. The molecule has 0 fully saturated rings. The van der Waals surface area contributed by atoms with Gasteiger partial charge >= 0.3 is 5.97 Å². The van der Waals surface area contributed by atoms with Crippen LogP contribution in [0.25, 0.3) is 11.1 Å². The quantitative estimate of drug-likeness (QED) is 0.521. The molecule has 1 aliphatic rings. The molecule has 1 aliphatic heterocycles. The molecule has 0 aliphatic carbocycles. The summed E-state index contributed by atoms with van der Waals surface area (Å²) in [7, 11) is 1.26. The van der Waals surface area contributed by atoms with E-state index in [4.69, 9.17) is 14.6 Å². The average Bonchev–Trinajstić information content (AvgIpc) is 2.78. The normalized spacial score (nSPS) is 16.0. The molecule has 2 atom stereocenters. The molecular formula is C25H21F3O5. The van der Waals surface area contributed by atoms with E-state index in [2.05, 4.69) is 0 Å². The first kappa shape index (κ1) is 22.7. The molecule has 0 saturated heterocycles. The molecule has 33 heavy (non-hydrogen) atoms. The van der Waals surface area contributed by atoms with Crippen molar-refractivity contribution in [2.75, 3.05) is 7.11 Å². The van der Waals surface area contributed by atoms with Crippen molar-refractivity contribution in [3.63, 3.8) is 0 Å². The zero-order valence-electron chi connectivity index (χ0n) is 17.6. The lowest BCUT2D eigenvalue weighted by atomic mass is 9.93. The number of carboxylic acid groups (broad SMARTS) is 1. The van der Waals surface area contributed by atoms with Crippen LogP contribution in [0.3, 0.4) is 0 Å². The number of aryl methyl sites for hydroxylation is 1. The smallest absolute Gasteiger partial charge is 0.306 e. The van der Waals surface area contributed by atoms with Gasteiger partial charge in [0.1, 0.15) is 23.5 Å². The number of aliphatic hydroxyl groups excluding tert-OH is 1. The number of benzene rings is 3. The van der Waals surface area contributed by atoms with Crippen molar-refractivity contribution in [1.82, 2.24) is 0 Å². The number of ether oxygens (including phenoxy) is 2. The molecule has 3 aromatic rings. The number of carboxylic acids is 1. The van der Waals surface area contributed by atoms with Gasteiger partial charge in [0, 0.05) is 17.2 Å². The Bertz CT molecular complexity index is 1210. The average molecular weight is 458 g/mol. The number of carbonyl (C=O) groups is 1. The first-order valence-electron chi connectivity index (χ1n) is 10.3. The molecule has 0 spiro atoms. The lowest BCUT2D eigenvalue weighted by molar-refractivity contribution is -0.139. The minimum Gasteiger partial charge on any atom is -0.494 e. The van der Waals surface area contributed by atoms with E-state index in [0.717, 1.165) is 11.6 Å². The number of fused-ring (bicyclic) bond motifs is 1. The van der Waals surface area contributed by atoms with E-state index < -0.39 is 42.0 Å². The molecule has 2 N–H and O–H groups in total. The third-order valence-electron chi connectivity index (χ3n) is 5.69. The van der Waals surface area contributed by atoms with E-state index in [0.29, 0.717) is 30.2 Å². The Kier molecular flexibility index (Phi) is 6.29. The van der Waals surface area contributed by atoms with Gasteiger partial charge in [0.25, 0.3) is 0 Å². The molecule has 172 valence electrons. The number of rotatable bonds is 6. The van der Waals surface area contributed by atoms with Crippen molar-refractivity contribution >= 4 is 5.97 Å². The molecule has 8 heteroatoms. The van der Waals surface area contributed by atoms with Gasteiger partial charge in [-0.2, -0.15) is 0 Å². The van der Waals surface area contributed by atoms with Crippen molar-refractivity contribution in [3.05, 3.63) is 82.7 Å². The standard InChI is InChI=1S/C25H21F3O5/c1-32-24-10-17(19(27)11-20(24)28)14-4-6-16(18(26)8-14)22-7-5-13-2-3-15(9-23(13)33-22)21(29)12-25(30)31/h2-4,6,8-11,21-22,29H,5,7,12H2,1H3,(H,30,31)/t21-,22?/m1/s1. The Morgan fingerprint density at radius 1 is 1.09 bits per heavy atom. The minimum absolute atomic E-state index is 0.00525. The van der Waals surface area contributed by atoms with Gasteiger partial charge in [0.15, 0.2) is 11.6 Å². The highest BCUT2D eigenvalue weighted by atomic mass is 19.1. The maximum atomic E-state index is 15.0. The van der Waals surface area contributed by atoms with E-state index in [1.807, 2.05) is 0 Å². The highest BCUT2D eigenvalue weighted by Crippen LogP contribution is 2.39. The van der Waals surface area contributed by atoms with E-state index in [1.165, 1.54) is 25.3 Å². The summed E-state index contributed by atoms with van der Waals surface area (Å²) in [4.78, 5) is 10.9. The third-order valence-corrected chi connectivity index (χ3v) is 5.69. The summed E-state index contributed by atoms with van der Waals surface area (Å²) in [6, 6.07) is 11.0. The van der Waals surface area contributed by atoms with Crippen LogP contribution < -0.4 is 9.47 Å². The summed E-state index contributed by atoms with van der Waals surface area (Å²) in [6.07, 6.45) is -1.15. The molecule has 0 bridgehead atoms. The van der Waals surface area contributed by atoms with Gasteiger partial charge in [0.05, 0.1) is 19.6 Å². The fourth-order valence-electron chi connectivity index (χ4n) is 3.96. The molecule has 0 aromatic heterocycles. The first-order valence-corrected chi connectivity index (χ1v) is 10.3. The Balaban J connectivity index is 1.60. The summed E-state index contributed by atoms with van der Waals surface area (Å²) >= 11 is 0. The second kappa shape index (κ2) is 9.15. The van der Waals surface area contributed by atoms with Crippen LogP contribution in [0.2, 0.25) is 0 Å². The fourth-order valence-corrected chi connectivity index (χ4v) is 3.96. The van der Waals surface area contributed by atoms with Crippen LogP contribution in [0, 0.1) is 17.5 Å². The van der Waals surface area contributed by atoms with Crippen LogP contribution >= 0.6 is 0 Å². The van der Waals surface area contributed by atoms with Gasteiger partial charge in [-0.15, -0.1) is 0 Å². The van der Waals surface area contributed by atoms with Crippen molar-refractivity contribution in [3.8, 4) is 22.6 Å². The Labute approximate surface area is 188 Å². The number of aliphatic carboxylic acids is 1. The summed E-state index contributed by atoms with van der Waals surface area (Å²) in [5.41, 5.74) is 1.77. The van der Waals surface area contributed by atoms with Crippen molar-refractivity contribution < 1.29 is 37.7 Å². The van der Waals surface area contributed by atoms with Gasteiger partial charge in [-0.3, -0.25) is 4.79 Å². The molecule has 1 heterocycles. The van der Waals surface area contributed by atoms with E-state index in [1.54, 1.807) is 18.2 Å². The highest BCUT2D eigenvalue weighted by molar-refractivity contribution is 5.68. The lowest BCUT2D eigenvalue weighted by Gasteiger charge is -2.27. The predicted molar refractivity (Wildman–Crippen MR) is 114 cm³/mol. The van der Waals surface area contributed by atoms with Gasteiger partial charge in [-0.05, 0) is 47.7 Å². The van der Waals surface area contributed by atoms with E-state index in [9.17, 15) is 18.7 Å². The molecule has 3 aromatic carbocycles. The van der Waals surface area contributed by atoms with Crippen LogP contribution in [0.15, 0.2) is 48.5 Å². The maximum absolute atomic E-state index is 15.0. The van der Waals surface area contributed by atoms with Crippen LogP contribution in [-0.2, 0) is 11.2 Å². The topological polar surface area (TPSA) is 76.0 Å². The number of hydrogen-bond donors (Lipinski definition) is 2. The Morgan fingerprint density at radius 3 is 2.58 bits per heavy atom. The third kappa shape index (κ3) is 4.66. The zero-order valence-corrected chi connectivity index (χ0v) is 17.6. The van der Waals surface area contributed by atoms with Crippen molar-refractivity contribution in [2.45, 2.75) is 31.5 Å². The van der Waals surface area contributed by atoms with E-state index >= 15 is 4.39 Å². The van der Waals surface area contributed by atoms with Gasteiger partial charge in [-0.25, -0.2) is 13.2 Å². The van der Waals surface area contributed by atoms with Crippen LogP contribution in [-0.4, -0.2) is 23.3 Å². The SMILES string of the molecule is COc1cc(-c2ccc(C3CCc4ccc([C@H](O)CC(=O)O)cc4O3)c(F)c2)c(F)cc1F. The summed E-state index contributed by atoms with van der Waals surface area (Å²) in [5, 5.41) is 19.0. The number of aliphatic hydroxyl groups is 1. The number of hydrogen-bond acceptors (Lipinski definition) is 4. The van der Waals surface area contributed by atoms with E-state index in [-0.39, 0.29) is 22.4 Å². The Morgan fingerprint density at radius 2 is 1.88 bits per heavy atom. The monoisotopic (exact) mass is 458 g/mol. The zero-order chi connectivity index (χ0) is 23.7. The summed E-state index contributed by atoms with van der Waals surface area (Å²) in [5.74, 6) is -3.12. The molecular weight excluding hydrogens is 437 g/mol. The summed E-state index contributed by atoms with van der Waals surface area (Å²) < 4.78 is 53.9. The molecule has 5 nitrogen and oxygen atoms in total. The summed E-state index contributed by atoms with van der Waals surface area (Å²) in [6.45, 7) is 0. The lowest BCUT2D eigenvalue weighted by Crippen LogP contribution is -2.17. The van der Waals surface area contributed by atoms with Crippen LogP contribution in [0.5, 0.6) is 11.5 Å². The second-order valence-corrected chi connectivity index (χ2v) is 7.83. The molecule has 4 rings (SSSR count). The fraction of sp³-hybridized carbons (Fsp3) is 0.240. The van der Waals surface area contributed by atoms with Crippen LogP contribution in [0.1, 0.15) is 41.7 Å². The molecule has 0 radical (unpaired) electrons. The largest absolute Gasteiger partial charge is 0.494 e. The van der Waals surface area contributed by atoms with Crippen molar-refractivity contribution in [2.24, 2.45) is 0 Å². The maximum Gasteiger partial charge on any atom is 0.306 e. The van der Waals surface area contributed by atoms with Gasteiger partial charge < -0.3 is 19.7 Å². The number of halogens is 3. The second-order valence-electron chi connectivity index (χ2n) is 7.83.